The summed E-state index contributed by atoms with van der Waals surface area (Å²) in [6.45, 7) is 24.3. The molecule has 55 heavy (non-hydrogen) atoms. The summed E-state index contributed by atoms with van der Waals surface area (Å²) in [5, 5.41) is 2.90. The highest BCUT2D eigenvalue weighted by atomic mass is 16.7. The molecular formula is C50H92N2O3. The molecule has 0 aromatic heterocycles. The third kappa shape index (κ3) is 21.2. The van der Waals surface area contributed by atoms with Gasteiger partial charge >= 0.3 is 0 Å². The molecule has 0 aliphatic carbocycles. The highest BCUT2D eigenvalue weighted by Gasteiger charge is 2.42. The number of rotatable bonds is 13. The predicted octanol–water partition coefficient (Wildman–Crippen LogP) is 10.7. The van der Waals surface area contributed by atoms with Crippen LogP contribution in [-0.4, -0.2) is 37.0 Å². The van der Waals surface area contributed by atoms with E-state index in [9.17, 15) is 4.79 Å². The predicted molar refractivity (Wildman–Crippen MR) is 273 cm³/mol. The molecule has 0 radical (unpaired) electrons. The fraction of sp³-hybridized carbons (Fsp3) is 0.340. The monoisotopic (exact) mass is 769 g/mol. The van der Waals surface area contributed by atoms with Gasteiger partial charge in [0.25, 0.3) is 5.91 Å². The Bertz CT molecular complexity index is 2270. The maximum absolute atomic E-state index is 12.8. The molecule has 1 fully saturated rings. The Balaban J connectivity index is -0.0000000573. The van der Waals surface area contributed by atoms with E-state index in [2.05, 4.69) is 194 Å². The van der Waals surface area contributed by atoms with Crippen molar-refractivity contribution in [2.24, 2.45) is 28.9 Å². The SMILES string of the molecule is C=CCC1O[C@H](OC[C@H](NC(=O)C#CC#CC#CC#CC#CC#CC#CC#CC#CC#CC#CC#CC)[C@H](N)CCCC(C)(C)C)[C@@H](C=C)C(C=C)[C@H]1C=C.[HH].[HH].[HH].[HH].[HH].[HH].[HH].[HH].[HH].[HH].[HH].[HH].[HH].[HH].[HH].[HH].[HH].[HH].[HH].[HH].[HH].[HH].[HH].[HH]. The normalized spacial score (nSPS) is 17.7. The molecule has 1 saturated heterocycles. The van der Waals surface area contributed by atoms with Crippen molar-refractivity contribution in [3.8, 4) is 142 Å². The Kier molecular flexibility index (Phi) is 23.9. The molecule has 1 aliphatic heterocycles. The molecule has 3 N–H and O–H groups in total. The fourth-order valence-corrected chi connectivity index (χ4v) is 4.98. The van der Waals surface area contributed by atoms with Crippen LogP contribution < -0.4 is 11.1 Å². The van der Waals surface area contributed by atoms with Crippen LogP contribution in [0.5, 0.6) is 0 Å². The summed E-state index contributed by atoms with van der Waals surface area (Å²) in [5.74, 6) is 60.0. The van der Waals surface area contributed by atoms with Crippen LogP contribution in [0.15, 0.2) is 50.6 Å². The molecule has 1 amide bonds. The number of allylic oxidation sites excluding steroid dienone is 1. The van der Waals surface area contributed by atoms with Crippen molar-refractivity contribution in [2.45, 2.75) is 77.9 Å². The number of carbonyl (C=O) groups excluding carboxylic acids is 1. The highest BCUT2D eigenvalue weighted by molar-refractivity contribution is 5.94. The number of carbonyl (C=O) groups is 1. The quantitative estimate of drug-likeness (QED) is 0.145. The van der Waals surface area contributed by atoms with Crippen molar-refractivity contribution in [3.05, 3.63) is 50.6 Å². The van der Waals surface area contributed by atoms with Crippen LogP contribution in [0.1, 0.15) is 87.6 Å². The summed E-state index contributed by atoms with van der Waals surface area (Å²) in [7, 11) is 0. The molecule has 0 bridgehead atoms. The molecular weight excluding hydrogens is 677 g/mol. The second-order valence-corrected chi connectivity index (χ2v) is 12.7. The van der Waals surface area contributed by atoms with E-state index in [0.717, 1.165) is 12.8 Å². The maximum Gasteiger partial charge on any atom is 0.297 e. The van der Waals surface area contributed by atoms with Crippen molar-refractivity contribution in [2.75, 3.05) is 6.61 Å². The second-order valence-electron chi connectivity index (χ2n) is 12.7. The minimum absolute atomic E-state index is 0. The molecule has 0 aromatic carbocycles. The zero-order valence-corrected chi connectivity index (χ0v) is 32.0. The standard InChI is InChI=1S/C50H44N2O3.24H2/c1-9-14-15-16-17-18-19-20-21-22-23-24-25-26-27-28-29-30-31-32-33-34-35-39-48(53)52-46(45(51)38-36-40-50(6,7)8)41-54-49-44(13-5)42(11-3)43(12-4)47(55-49)37-10-2;;;;;;;;;;;;;;;;;;;;;;;;/h10-13,42-47,49H,2-5,36-38,40-41,51H2,1,6-8H3,(H,52,53);24*1H/t42?,43-,44+,45-,46+,47?,49+;;;;;;;;;;;;;;;;;;;;;;;;/m1......................../s1. The number of hydrogen-bond donors (Lipinski definition) is 2. The van der Waals surface area contributed by atoms with Crippen molar-refractivity contribution >= 4 is 5.91 Å². The van der Waals surface area contributed by atoms with Gasteiger partial charge in [-0.25, -0.2) is 0 Å². The van der Waals surface area contributed by atoms with E-state index in [1.165, 1.54) is 0 Å². The lowest BCUT2D eigenvalue weighted by Gasteiger charge is -2.44. The van der Waals surface area contributed by atoms with Gasteiger partial charge in [0.1, 0.15) is 0 Å². The minimum Gasteiger partial charge on any atom is -0.350 e. The van der Waals surface area contributed by atoms with Crippen molar-refractivity contribution in [1.82, 2.24) is 5.32 Å². The molecule has 5 nitrogen and oxygen atoms in total. The van der Waals surface area contributed by atoms with Crippen molar-refractivity contribution < 1.29 is 48.5 Å². The summed E-state index contributed by atoms with van der Waals surface area (Å²) in [5.41, 5.74) is 6.78. The van der Waals surface area contributed by atoms with Crippen LogP contribution in [0.25, 0.3) is 0 Å². The van der Waals surface area contributed by atoms with Gasteiger partial charge in [0, 0.05) is 93.6 Å². The van der Waals surface area contributed by atoms with E-state index < -0.39 is 18.2 Å². The van der Waals surface area contributed by atoms with Gasteiger partial charge in [-0.2, -0.15) is 0 Å². The molecule has 1 heterocycles. The molecule has 0 aromatic rings. The molecule has 7 atom stereocenters. The van der Waals surface area contributed by atoms with Crippen LogP contribution in [0.4, 0.5) is 0 Å². The first-order valence-electron chi connectivity index (χ1n) is 17.4. The minimum atomic E-state index is -0.628. The topological polar surface area (TPSA) is 73.6 Å². The van der Waals surface area contributed by atoms with Crippen molar-refractivity contribution in [1.29, 1.82) is 0 Å². The number of ether oxygens (including phenoxy) is 2. The Morgan fingerprint density at radius 1 is 0.727 bits per heavy atom. The second kappa shape index (κ2) is 28.6. The highest BCUT2D eigenvalue weighted by Crippen LogP contribution is 2.39. The molecule has 2 unspecified atom stereocenters. The van der Waals surface area contributed by atoms with E-state index in [1.807, 2.05) is 24.3 Å². The van der Waals surface area contributed by atoms with Gasteiger partial charge in [0.2, 0.25) is 0 Å². The van der Waals surface area contributed by atoms with Crippen molar-refractivity contribution in [3.63, 3.8) is 0 Å². The lowest BCUT2D eigenvalue weighted by molar-refractivity contribution is -0.235. The Morgan fingerprint density at radius 3 is 1.56 bits per heavy atom. The first-order valence-corrected chi connectivity index (χ1v) is 17.4. The third-order valence-corrected chi connectivity index (χ3v) is 7.51. The van der Waals surface area contributed by atoms with Gasteiger partial charge in [-0.15, -0.1) is 26.3 Å². The van der Waals surface area contributed by atoms with Gasteiger partial charge in [-0.1, -0.05) is 57.4 Å². The molecule has 1 aliphatic rings. The average Bonchev–Trinajstić information content (AvgIpc) is 3.15. The summed E-state index contributed by atoms with van der Waals surface area (Å²) in [4.78, 5) is 12.8. The maximum atomic E-state index is 12.8. The lowest BCUT2D eigenvalue weighted by Crippen LogP contribution is -2.53. The van der Waals surface area contributed by atoms with E-state index >= 15 is 0 Å². The van der Waals surface area contributed by atoms with E-state index in [-0.39, 0.29) is 76.2 Å². The number of nitrogens with one attached hydrogen (secondary N) is 1. The number of nitrogens with two attached hydrogens (primary N) is 1. The number of hydrogen-bond acceptors (Lipinski definition) is 4. The third-order valence-electron chi connectivity index (χ3n) is 7.51. The zero-order valence-electron chi connectivity index (χ0n) is 32.0. The van der Waals surface area contributed by atoms with E-state index in [4.69, 9.17) is 15.2 Å². The summed E-state index contributed by atoms with van der Waals surface area (Å²) < 4.78 is 12.7. The Morgan fingerprint density at radius 2 is 1.16 bits per heavy atom. The van der Waals surface area contributed by atoms with Gasteiger partial charge < -0.3 is 20.5 Å². The molecule has 5 heteroatoms. The summed E-state index contributed by atoms with van der Waals surface area (Å²) in [6.07, 6.45) is 9.74. The Labute approximate surface area is 366 Å². The largest absolute Gasteiger partial charge is 0.350 e. The summed E-state index contributed by atoms with van der Waals surface area (Å²) >= 11 is 0. The fourth-order valence-electron chi connectivity index (χ4n) is 4.98. The Hall–Kier alpha value is -6.97. The lowest BCUT2D eigenvalue weighted by atomic mass is 9.75. The zero-order chi connectivity index (χ0) is 40.6. The average molecular weight is 769 g/mol. The molecule has 1 rings (SSSR count). The van der Waals surface area contributed by atoms with Gasteiger partial charge in [0.15, 0.2) is 6.29 Å². The number of amides is 1. The van der Waals surface area contributed by atoms with E-state index in [1.54, 1.807) is 6.92 Å². The van der Waals surface area contributed by atoms with Crippen LogP contribution in [0.3, 0.4) is 0 Å². The first-order chi connectivity index (χ1) is 26.6. The summed E-state index contributed by atoms with van der Waals surface area (Å²) in [6, 6.07) is -0.925. The van der Waals surface area contributed by atoms with Crippen LogP contribution in [0, 0.1) is 165 Å². The van der Waals surface area contributed by atoms with Gasteiger partial charge in [0.05, 0.1) is 18.8 Å². The smallest absolute Gasteiger partial charge is 0.297 e. The van der Waals surface area contributed by atoms with Gasteiger partial charge in [-0.3, -0.25) is 4.79 Å². The first kappa shape index (κ1) is 46.1. The van der Waals surface area contributed by atoms with Crippen LogP contribution in [0.2, 0.25) is 0 Å². The van der Waals surface area contributed by atoms with Crippen LogP contribution >= 0.6 is 0 Å². The van der Waals surface area contributed by atoms with Crippen LogP contribution in [-0.2, 0) is 14.3 Å². The molecule has 0 spiro atoms. The van der Waals surface area contributed by atoms with Gasteiger partial charge in [-0.05, 0) is 132 Å². The molecule has 320 valence electrons. The molecule has 0 saturated carbocycles. The van der Waals surface area contributed by atoms with E-state index in [0.29, 0.717) is 12.8 Å².